The number of hydrogen-bond donors (Lipinski definition) is 1. The fraction of sp³-hybridized carbons (Fsp3) is 0.833. The maximum Gasteiger partial charge on any atom is 0.290 e. The van der Waals surface area contributed by atoms with Crippen molar-refractivity contribution < 1.29 is 19.5 Å². The van der Waals surface area contributed by atoms with Gasteiger partial charge in [-0.2, -0.15) is 11.8 Å². The number of carboxylic acid groups (broad SMARTS) is 1. The minimum atomic E-state index is -0.250. The van der Waals surface area contributed by atoms with Crippen LogP contribution in [-0.2, 0) is 14.4 Å². The Kier molecular flexibility index (Phi) is 8.71. The second-order valence-corrected chi connectivity index (χ2v) is 8.27. The highest BCUT2D eigenvalue weighted by molar-refractivity contribution is 7.99. The van der Waals surface area contributed by atoms with E-state index in [1.807, 2.05) is 4.90 Å². The summed E-state index contributed by atoms with van der Waals surface area (Å²) in [5.41, 5.74) is 0. The summed E-state index contributed by atoms with van der Waals surface area (Å²) in [5, 5.41) is 6.89. The van der Waals surface area contributed by atoms with Crippen LogP contribution < -0.4 is 0 Å². The van der Waals surface area contributed by atoms with Crippen LogP contribution in [0.5, 0.6) is 0 Å². The Labute approximate surface area is 160 Å². The molecule has 0 saturated carbocycles. The Bertz CT molecular complexity index is 477. The highest BCUT2D eigenvalue weighted by atomic mass is 32.2. The number of nitrogens with zero attached hydrogens (tertiary/aromatic N) is 3. The van der Waals surface area contributed by atoms with Gasteiger partial charge in [-0.1, -0.05) is 0 Å². The van der Waals surface area contributed by atoms with Crippen LogP contribution in [0.3, 0.4) is 0 Å². The molecule has 3 aliphatic heterocycles. The van der Waals surface area contributed by atoms with Gasteiger partial charge in [0, 0.05) is 63.9 Å². The zero-order valence-corrected chi connectivity index (χ0v) is 16.5. The Balaban J connectivity index is 0.000000758. The van der Waals surface area contributed by atoms with Crippen LogP contribution in [0.2, 0.25) is 0 Å². The Morgan fingerprint density at radius 2 is 1.69 bits per heavy atom. The van der Waals surface area contributed by atoms with Crippen molar-refractivity contribution in [3.05, 3.63) is 0 Å². The van der Waals surface area contributed by atoms with E-state index in [0.717, 1.165) is 64.6 Å². The predicted octanol–water partition coefficient (Wildman–Crippen LogP) is 0.986. The quantitative estimate of drug-likeness (QED) is 0.714. The predicted molar refractivity (Wildman–Crippen MR) is 102 cm³/mol. The highest BCUT2D eigenvalue weighted by Crippen LogP contribution is 2.24. The normalized spacial score (nSPS) is 25.2. The minimum Gasteiger partial charge on any atom is -0.483 e. The van der Waals surface area contributed by atoms with E-state index in [1.165, 1.54) is 17.9 Å². The van der Waals surface area contributed by atoms with Gasteiger partial charge in [-0.15, -0.1) is 0 Å². The van der Waals surface area contributed by atoms with Gasteiger partial charge in [0.1, 0.15) is 0 Å². The standard InChI is InChI=1S/C17H29N3O2S.CH2O2/c1-14(21)18-8-3-15(4-9-18)17(22)20-7-2-6-19(10-11-20)16-5-12-23-13-16;2-1-3/h15-16H,2-13H2,1H3;1H,(H,2,3). The third kappa shape index (κ3) is 5.87. The smallest absolute Gasteiger partial charge is 0.290 e. The first-order valence-corrected chi connectivity index (χ1v) is 10.7. The lowest BCUT2D eigenvalue weighted by atomic mass is 9.95. The molecule has 3 fully saturated rings. The molecule has 1 atom stereocenters. The van der Waals surface area contributed by atoms with Crippen molar-refractivity contribution in [2.75, 3.05) is 50.8 Å². The lowest BCUT2D eigenvalue weighted by molar-refractivity contribution is -0.140. The molecule has 3 heterocycles. The molecule has 1 N–H and O–H groups in total. The Morgan fingerprint density at radius 3 is 2.27 bits per heavy atom. The molecule has 7 nitrogen and oxygen atoms in total. The first kappa shape index (κ1) is 21.0. The van der Waals surface area contributed by atoms with E-state index in [1.54, 1.807) is 6.92 Å². The number of rotatable bonds is 2. The number of thioether (sulfide) groups is 1. The van der Waals surface area contributed by atoms with Gasteiger partial charge in [0.15, 0.2) is 0 Å². The number of carbonyl (C=O) groups excluding carboxylic acids is 2. The molecule has 8 heteroatoms. The molecule has 0 bridgehead atoms. The van der Waals surface area contributed by atoms with E-state index in [0.29, 0.717) is 5.91 Å². The van der Waals surface area contributed by atoms with Gasteiger partial charge < -0.3 is 14.9 Å². The van der Waals surface area contributed by atoms with E-state index in [2.05, 4.69) is 21.6 Å². The fourth-order valence-corrected chi connectivity index (χ4v) is 5.29. The van der Waals surface area contributed by atoms with Crippen LogP contribution in [0.1, 0.15) is 32.6 Å². The van der Waals surface area contributed by atoms with Crippen LogP contribution in [0, 0.1) is 5.92 Å². The van der Waals surface area contributed by atoms with Gasteiger partial charge in [-0.05, 0) is 31.4 Å². The summed E-state index contributed by atoms with van der Waals surface area (Å²) >= 11 is 2.06. The monoisotopic (exact) mass is 385 g/mol. The summed E-state index contributed by atoms with van der Waals surface area (Å²) in [5.74, 6) is 3.14. The summed E-state index contributed by atoms with van der Waals surface area (Å²) in [7, 11) is 0. The van der Waals surface area contributed by atoms with Gasteiger partial charge >= 0.3 is 0 Å². The third-order valence-corrected chi connectivity index (χ3v) is 6.70. The van der Waals surface area contributed by atoms with Crippen LogP contribution >= 0.6 is 11.8 Å². The largest absolute Gasteiger partial charge is 0.483 e. The molecule has 3 rings (SSSR count). The molecule has 148 valence electrons. The first-order chi connectivity index (χ1) is 12.6. The lowest BCUT2D eigenvalue weighted by Gasteiger charge is -2.33. The Morgan fingerprint density at radius 1 is 1.00 bits per heavy atom. The van der Waals surface area contributed by atoms with Crippen LogP contribution in [0.25, 0.3) is 0 Å². The Hall–Kier alpha value is -1.28. The number of hydrogen-bond acceptors (Lipinski definition) is 5. The summed E-state index contributed by atoms with van der Waals surface area (Å²) in [4.78, 5) is 39.1. The molecule has 1 unspecified atom stereocenters. The zero-order valence-electron chi connectivity index (χ0n) is 15.6. The average Bonchev–Trinajstić information content (AvgIpc) is 3.06. The second kappa shape index (κ2) is 10.8. The van der Waals surface area contributed by atoms with E-state index < -0.39 is 0 Å². The van der Waals surface area contributed by atoms with Crippen LogP contribution in [-0.4, -0.2) is 94.9 Å². The molecule has 2 amide bonds. The number of amides is 2. The number of likely N-dealkylation sites (tertiary alicyclic amines) is 1. The lowest BCUT2D eigenvalue weighted by Crippen LogP contribution is -2.45. The van der Waals surface area contributed by atoms with E-state index in [-0.39, 0.29) is 18.3 Å². The van der Waals surface area contributed by atoms with Crippen LogP contribution in [0.4, 0.5) is 0 Å². The van der Waals surface area contributed by atoms with Crippen molar-refractivity contribution in [3.8, 4) is 0 Å². The molecule has 26 heavy (non-hydrogen) atoms. The molecule has 0 spiro atoms. The van der Waals surface area contributed by atoms with E-state index >= 15 is 0 Å². The second-order valence-electron chi connectivity index (χ2n) is 7.12. The molecule has 0 radical (unpaired) electrons. The maximum atomic E-state index is 12.8. The first-order valence-electron chi connectivity index (χ1n) is 9.50. The van der Waals surface area contributed by atoms with E-state index in [9.17, 15) is 9.59 Å². The molecular formula is C18H31N3O4S. The summed E-state index contributed by atoms with van der Waals surface area (Å²) in [6.07, 6.45) is 4.07. The van der Waals surface area contributed by atoms with Crippen molar-refractivity contribution in [1.29, 1.82) is 0 Å². The van der Waals surface area contributed by atoms with Gasteiger partial charge in [-0.25, -0.2) is 0 Å². The van der Waals surface area contributed by atoms with Crippen molar-refractivity contribution >= 4 is 30.0 Å². The molecule has 3 aliphatic rings. The van der Waals surface area contributed by atoms with Crippen molar-refractivity contribution in [1.82, 2.24) is 14.7 Å². The zero-order chi connectivity index (χ0) is 18.9. The number of carbonyl (C=O) groups is 3. The van der Waals surface area contributed by atoms with Crippen molar-refractivity contribution in [2.24, 2.45) is 5.92 Å². The fourth-order valence-electron chi connectivity index (χ4n) is 4.03. The molecular weight excluding hydrogens is 354 g/mol. The van der Waals surface area contributed by atoms with Gasteiger partial charge in [-0.3, -0.25) is 19.3 Å². The topological polar surface area (TPSA) is 81.2 Å². The molecule has 0 aromatic carbocycles. The van der Waals surface area contributed by atoms with Gasteiger partial charge in [0.25, 0.3) is 6.47 Å². The van der Waals surface area contributed by atoms with Crippen LogP contribution in [0.15, 0.2) is 0 Å². The maximum absolute atomic E-state index is 12.8. The summed E-state index contributed by atoms with van der Waals surface area (Å²) < 4.78 is 0. The molecule has 0 aliphatic carbocycles. The third-order valence-electron chi connectivity index (χ3n) is 5.55. The minimum absolute atomic E-state index is 0.124. The SMILES string of the molecule is CC(=O)N1CCC(C(=O)N2CCCN(C3CCSC3)CC2)CC1.O=CO. The molecule has 0 aromatic rings. The average molecular weight is 386 g/mol. The van der Waals surface area contributed by atoms with Crippen molar-refractivity contribution in [3.63, 3.8) is 0 Å². The molecule has 3 saturated heterocycles. The highest BCUT2D eigenvalue weighted by Gasteiger charge is 2.31. The summed E-state index contributed by atoms with van der Waals surface area (Å²) in [6, 6.07) is 0.730. The summed E-state index contributed by atoms with van der Waals surface area (Å²) in [6.45, 7) is 6.80. The van der Waals surface area contributed by atoms with Gasteiger partial charge in [0.05, 0.1) is 0 Å². The number of piperidine rings is 1. The molecule has 0 aromatic heterocycles. The van der Waals surface area contributed by atoms with E-state index in [4.69, 9.17) is 9.90 Å². The van der Waals surface area contributed by atoms with Gasteiger partial charge in [0.2, 0.25) is 11.8 Å². The van der Waals surface area contributed by atoms with Crippen molar-refractivity contribution in [2.45, 2.75) is 38.6 Å².